The summed E-state index contributed by atoms with van der Waals surface area (Å²) in [5.41, 5.74) is 0.868. The number of β-amino-alcohol motifs (C(OH)–C–C–N with tert-alkyl or cyclic N) is 1. The number of nitrogens with one attached hydrogen (secondary N) is 1. The first kappa shape index (κ1) is 19.9. The summed E-state index contributed by atoms with van der Waals surface area (Å²) in [6.07, 6.45) is 1.41. The van der Waals surface area contributed by atoms with Gasteiger partial charge in [0.2, 0.25) is 0 Å². The summed E-state index contributed by atoms with van der Waals surface area (Å²) < 4.78 is 10.7. The molecule has 1 saturated heterocycles. The number of methoxy groups -OCH3 is 1. The van der Waals surface area contributed by atoms with Gasteiger partial charge in [0, 0.05) is 10.4 Å². The lowest BCUT2D eigenvalue weighted by Crippen LogP contribution is -2.46. The minimum absolute atomic E-state index is 0.0276. The number of carbonyl (C=O) groups is 2. The molecule has 1 aromatic heterocycles. The molecule has 29 heavy (non-hydrogen) atoms. The molecular formula is C21H24N2O5S. The molecule has 0 unspecified atom stereocenters. The lowest BCUT2D eigenvalue weighted by molar-refractivity contribution is -0.133. The van der Waals surface area contributed by atoms with Crippen molar-refractivity contribution in [1.29, 1.82) is 0 Å². The van der Waals surface area contributed by atoms with Crippen molar-refractivity contribution in [1.82, 2.24) is 10.2 Å². The predicted molar refractivity (Wildman–Crippen MR) is 108 cm³/mol. The minimum Gasteiger partial charge on any atom is -0.497 e. The van der Waals surface area contributed by atoms with E-state index in [1.54, 1.807) is 18.4 Å². The van der Waals surface area contributed by atoms with Crippen molar-refractivity contribution < 1.29 is 24.2 Å². The maximum atomic E-state index is 13.1. The first-order valence-corrected chi connectivity index (χ1v) is 10.5. The molecule has 1 aliphatic carbocycles. The normalized spacial score (nSPS) is 21.9. The molecule has 2 N–H and O–H groups in total. The number of hydrogen-bond acceptors (Lipinski definition) is 6. The topological polar surface area (TPSA) is 88.1 Å². The molecule has 1 spiro atoms. The van der Waals surface area contributed by atoms with Gasteiger partial charge in [-0.25, -0.2) is 4.79 Å². The molecule has 2 atom stereocenters. The summed E-state index contributed by atoms with van der Waals surface area (Å²) in [7, 11) is 1.61. The highest BCUT2D eigenvalue weighted by atomic mass is 32.1. The van der Waals surface area contributed by atoms with Crippen LogP contribution in [0.5, 0.6) is 5.75 Å². The number of carbonyl (C=O) groups excluding carboxylic acids is 2. The second-order valence-electron chi connectivity index (χ2n) is 7.38. The third-order valence-electron chi connectivity index (χ3n) is 5.47. The summed E-state index contributed by atoms with van der Waals surface area (Å²) in [5, 5.41) is 15.2. The lowest BCUT2D eigenvalue weighted by atomic mass is 9.80. The number of ether oxygens (including phenoxy) is 2. The van der Waals surface area contributed by atoms with E-state index in [2.05, 4.69) is 5.32 Å². The zero-order valence-corrected chi connectivity index (χ0v) is 17.0. The summed E-state index contributed by atoms with van der Waals surface area (Å²) in [4.78, 5) is 27.9. The van der Waals surface area contributed by atoms with Gasteiger partial charge in [0.25, 0.3) is 5.91 Å². The molecule has 1 aliphatic heterocycles. The van der Waals surface area contributed by atoms with Crippen LogP contribution in [0.15, 0.2) is 35.7 Å². The largest absolute Gasteiger partial charge is 0.497 e. The van der Waals surface area contributed by atoms with Gasteiger partial charge in [-0.05, 0) is 48.4 Å². The van der Waals surface area contributed by atoms with Crippen molar-refractivity contribution in [2.45, 2.75) is 37.5 Å². The standard InChI is InChI=1S/C21H24N2O5S/c1-27-16-6-4-14(5-7-16)12-28-13-15(24)11-23-19(25)21(22-20(23)26)9-2-3-18-17(21)8-10-29-18/h4-8,10,15,24H,2-3,9,11-13H2,1H3,(H,22,26)/t15-,21+/m0/s1. The Bertz CT molecular complexity index is 897. The number of hydrogen-bond donors (Lipinski definition) is 2. The molecule has 2 aromatic rings. The highest BCUT2D eigenvalue weighted by molar-refractivity contribution is 7.10. The molecule has 8 heteroatoms. The van der Waals surface area contributed by atoms with Crippen LogP contribution in [0.25, 0.3) is 0 Å². The summed E-state index contributed by atoms with van der Waals surface area (Å²) in [5.74, 6) is 0.480. The molecule has 0 bridgehead atoms. The average Bonchev–Trinajstić information content (AvgIpc) is 3.29. The van der Waals surface area contributed by atoms with Crippen molar-refractivity contribution in [2.75, 3.05) is 20.3 Å². The fraction of sp³-hybridized carbons (Fsp3) is 0.429. The van der Waals surface area contributed by atoms with Gasteiger partial charge in [0.15, 0.2) is 0 Å². The monoisotopic (exact) mass is 416 g/mol. The van der Waals surface area contributed by atoms with E-state index < -0.39 is 17.7 Å². The lowest BCUT2D eigenvalue weighted by Gasteiger charge is -2.31. The van der Waals surface area contributed by atoms with Gasteiger partial charge in [0.1, 0.15) is 11.3 Å². The van der Waals surface area contributed by atoms with Crippen LogP contribution >= 0.6 is 11.3 Å². The number of amides is 3. The Balaban J connectivity index is 1.34. The van der Waals surface area contributed by atoms with E-state index in [0.29, 0.717) is 13.0 Å². The van der Waals surface area contributed by atoms with Crippen LogP contribution in [0, 0.1) is 0 Å². The van der Waals surface area contributed by atoms with Crippen LogP contribution in [-0.2, 0) is 28.1 Å². The fourth-order valence-corrected chi connectivity index (χ4v) is 5.01. The zero-order valence-electron chi connectivity index (χ0n) is 16.2. The molecule has 1 aromatic carbocycles. The van der Waals surface area contributed by atoms with Crippen LogP contribution in [0.2, 0.25) is 0 Å². The van der Waals surface area contributed by atoms with Crippen LogP contribution < -0.4 is 10.1 Å². The van der Waals surface area contributed by atoms with E-state index in [1.807, 2.05) is 35.7 Å². The van der Waals surface area contributed by atoms with Crippen molar-refractivity contribution in [3.8, 4) is 5.75 Å². The van der Waals surface area contributed by atoms with E-state index in [-0.39, 0.29) is 19.1 Å². The fourth-order valence-electron chi connectivity index (χ4n) is 4.01. The van der Waals surface area contributed by atoms with E-state index in [0.717, 1.165) is 39.5 Å². The summed E-state index contributed by atoms with van der Waals surface area (Å²) in [6.45, 7) is 0.262. The zero-order chi connectivity index (χ0) is 20.4. The first-order chi connectivity index (χ1) is 14.0. The second-order valence-corrected chi connectivity index (χ2v) is 8.38. The Hall–Kier alpha value is -2.42. The maximum Gasteiger partial charge on any atom is 0.325 e. The Labute approximate surface area is 173 Å². The van der Waals surface area contributed by atoms with Gasteiger partial charge in [-0.2, -0.15) is 0 Å². The molecule has 2 heterocycles. The van der Waals surface area contributed by atoms with Gasteiger partial charge in [-0.1, -0.05) is 12.1 Å². The predicted octanol–water partition coefficient (Wildman–Crippen LogP) is 2.42. The third kappa shape index (κ3) is 3.75. The average molecular weight is 416 g/mol. The molecule has 154 valence electrons. The number of aliphatic hydroxyl groups excluding tert-OH is 1. The quantitative estimate of drug-likeness (QED) is 0.677. The van der Waals surface area contributed by atoms with E-state index in [1.165, 1.54) is 0 Å². The summed E-state index contributed by atoms with van der Waals surface area (Å²) in [6, 6.07) is 8.91. The maximum absolute atomic E-state index is 13.1. The first-order valence-electron chi connectivity index (χ1n) is 9.63. The highest BCUT2D eigenvalue weighted by Gasteiger charge is 2.54. The van der Waals surface area contributed by atoms with Crippen molar-refractivity contribution in [3.05, 3.63) is 51.7 Å². The molecule has 2 aliphatic rings. The van der Waals surface area contributed by atoms with Crippen LogP contribution in [0.1, 0.15) is 28.8 Å². The molecular weight excluding hydrogens is 392 g/mol. The van der Waals surface area contributed by atoms with Gasteiger partial charge >= 0.3 is 6.03 Å². The minimum atomic E-state index is -0.978. The number of aryl methyl sites for hydroxylation is 1. The second kappa shape index (κ2) is 8.14. The number of imide groups is 1. The molecule has 0 radical (unpaired) electrons. The van der Waals surface area contributed by atoms with E-state index in [4.69, 9.17) is 9.47 Å². The SMILES string of the molecule is COc1ccc(COC[C@@H](O)CN2C(=O)N[C@@]3(CCCc4sccc43)C2=O)cc1. The summed E-state index contributed by atoms with van der Waals surface area (Å²) >= 11 is 1.62. The number of nitrogens with zero attached hydrogens (tertiary/aromatic N) is 1. The number of aliphatic hydroxyl groups is 1. The van der Waals surface area contributed by atoms with Gasteiger partial charge < -0.3 is 19.9 Å². The molecule has 0 saturated carbocycles. The molecule has 4 rings (SSSR count). The Morgan fingerprint density at radius 1 is 1.28 bits per heavy atom. The Morgan fingerprint density at radius 3 is 2.83 bits per heavy atom. The Kier molecular flexibility index (Phi) is 5.58. The van der Waals surface area contributed by atoms with Crippen molar-refractivity contribution in [2.24, 2.45) is 0 Å². The number of rotatable bonds is 7. The van der Waals surface area contributed by atoms with Gasteiger partial charge in [-0.15, -0.1) is 11.3 Å². The molecule has 7 nitrogen and oxygen atoms in total. The molecule has 1 fully saturated rings. The van der Waals surface area contributed by atoms with Crippen molar-refractivity contribution in [3.63, 3.8) is 0 Å². The number of benzene rings is 1. The van der Waals surface area contributed by atoms with E-state index >= 15 is 0 Å². The molecule has 3 amide bonds. The van der Waals surface area contributed by atoms with Gasteiger partial charge in [-0.3, -0.25) is 9.69 Å². The van der Waals surface area contributed by atoms with Crippen LogP contribution in [0.3, 0.4) is 0 Å². The van der Waals surface area contributed by atoms with Crippen LogP contribution in [0.4, 0.5) is 4.79 Å². The Morgan fingerprint density at radius 2 is 2.07 bits per heavy atom. The van der Waals surface area contributed by atoms with Gasteiger partial charge in [0.05, 0.1) is 33.0 Å². The smallest absolute Gasteiger partial charge is 0.325 e. The number of thiophene rings is 1. The van der Waals surface area contributed by atoms with E-state index in [9.17, 15) is 14.7 Å². The highest BCUT2D eigenvalue weighted by Crippen LogP contribution is 2.42. The number of fused-ring (bicyclic) bond motifs is 2. The van der Waals surface area contributed by atoms with Crippen LogP contribution in [-0.4, -0.2) is 48.3 Å². The van der Waals surface area contributed by atoms with Crippen molar-refractivity contribution >= 4 is 23.3 Å². The third-order valence-corrected chi connectivity index (χ3v) is 6.45. The number of urea groups is 1.